The maximum atomic E-state index is 12.6. The summed E-state index contributed by atoms with van der Waals surface area (Å²) in [6.07, 6.45) is 1.05. The van der Waals surface area contributed by atoms with Gasteiger partial charge in [-0.1, -0.05) is 35.9 Å². The van der Waals surface area contributed by atoms with Crippen LogP contribution >= 0.6 is 0 Å². The maximum Gasteiger partial charge on any atom is 0.255 e. The number of hydrogen-bond donors (Lipinski definition) is 2. The summed E-state index contributed by atoms with van der Waals surface area (Å²) >= 11 is 0. The van der Waals surface area contributed by atoms with Crippen molar-refractivity contribution in [2.75, 3.05) is 16.3 Å². The summed E-state index contributed by atoms with van der Waals surface area (Å²) in [5.74, 6) is 0.786. The molecule has 2 N–H and O–H groups in total. The van der Waals surface area contributed by atoms with Crippen LogP contribution in [0.25, 0.3) is 0 Å². The van der Waals surface area contributed by atoms with Gasteiger partial charge in [-0.15, -0.1) is 0 Å². The molecule has 6 nitrogen and oxygen atoms in total. The lowest BCUT2D eigenvalue weighted by Crippen LogP contribution is -2.14. The van der Waals surface area contributed by atoms with E-state index in [0.717, 1.165) is 11.8 Å². The second kappa shape index (κ2) is 8.14. The van der Waals surface area contributed by atoms with E-state index in [4.69, 9.17) is 4.74 Å². The standard InChI is InChI=1S/C21H20N2O4S/c1-15-10-12-18(13-11-15)27-20-9-4-3-8-19(20)22-21(24)16-6-5-7-17(14-16)23-28(2,25)26/h3-14,23H,1-2H3,(H,22,24). The summed E-state index contributed by atoms with van der Waals surface area (Å²) in [4.78, 5) is 12.6. The number of benzene rings is 3. The van der Waals surface area contributed by atoms with E-state index in [2.05, 4.69) is 10.0 Å². The molecule has 0 atom stereocenters. The minimum absolute atomic E-state index is 0.318. The first-order chi connectivity index (χ1) is 13.3. The van der Waals surface area contributed by atoms with Gasteiger partial charge >= 0.3 is 0 Å². The molecule has 3 aromatic rings. The van der Waals surface area contributed by atoms with Gasteiger partial charge < -0.3 is 10.1 Å². The van der Waals surface area contributed by atoms with Gasteiger partial charge in [0.2, 0.25) is 10.0 Å². The number of anilines is 2. The molecule has 0 fully saturated rings. The van der Waals surface area contributed by atoms with Crippen molar-refractivity contribution in [3.63, 3.8) is 0 Å². The average Bonchev–Trinajstić information content (AvgIpc) is 2.64. The monoisotopic (exact) mass is 396 g/mol. The smallest absolute Gasteiger partial charge is 0.255 e. The van der Waals surface area contributed by atoms with Crippen molar-refractivity contribution in [1.29, 1.82) is 0 Å². The van der Waals surface area contributed by atoms with E-state index in [-0.39, 0.29) is 5.91 Å². The van der Waals surface area contributed by atoms with Gasteiger partial charge in [-0.25, -0.2) is 8.42 Å². The maximum absolute atomic E-state index is 12.6. The lowest BCUT2D eigenvalue weighted by Gasteiger charge is -2.13. The molecule has 1 amide bonds. The van der Waals surface area contributed by atoms with E-state index < -0.39 is 10.0 Å². The molecule has 144 valence electrons. The fraction of sp³-hybridized carbons (Fsp3) is 0.0952. The van der Waals surface area contributed by atoms with Gasteiger partial charge in [-0.3, -0.25) is 9.52 Å². The van der Waals surface area contributed by atoms with Crippen molar-refractivity contribution in [3.05, 3.63) is 83.9 Å². The Hall–Kier alpha value is -3.32. The first-order valence-corrected chi connectivity index (χ1v) is 10.4. The molecule has 0 spiro atoms. The van der Waals surface area contributed by atoms with Crippen LogP contribution in [0.3, 0.4) is 0 Å². The van der Waals surface area contributed by atoms with Crippen LogP contribution in [0.4, 0.5) is 11.4 Å². The molecule has 3 aromatic carbocycles. The summed E-state index contributed by atoms with van der Waals surface area (Å²) in [5.41, 5.74) is 2.27. The van der Waals surface area contributed by atoms with Crippen molar-refractivity contribution in [2.45, 2.75) is 6.92 Å². The Morgan fingerprint density at radius 2 is 1.64 bits per heavy atom. The number of nitrogens with one attached hydrogen (secondary N) is 2. The molecule has 0 aliphatic heterocycles. The zero-order chi connectivity index (χ0) is 20.1. The molecule has 0 aromatic heterocycles. The van der Waals surface area contributed by atoms with Crippen LogP contribution < -0.4 is 14.8 Å². The number of rotatable bonds is 6. The number of hydrogen-bond acceptors (Lipinski definition) is 4. The van der Waals surface area contributed by atoms with Crippen molar-refractivity contribution >= 4 is 27.3 Å². The minimum atomic E-state index is -3.42. The zero-order valence-electron chi connectivity index (χ0n) is 15.5. The van der Waals surface area contributed by atoms with Gasteiger partial charge in [0.05, 0.1) is 11.9 Å². The fourth-order valence-corrected chi connectivity index (χ4v) is 3.08. The zero-order valence-corrected chi connectivity index (χ0v) is 16.3. The molecule has 3 rings (SSSR count). The molecule has 7 heteroatoms. The highest BCUT2D eigenvalue weighted by atomic mass is 32.2. The van der Waals surface area contributed by atoms with Crippen LogP contribution in [0, 0.1) is 6.92 Å². The summed E-state index contributed by atoms with van der Waals surface area (Å²) < 4.78 is 31.0. The lowest BCUT2D eigenvalue weighted by molar-refractivity contribution is 0.102. The molecule has 28 heavy (non-hydrogen) atoms. The molecule has 0 radical (unpaired) electrons. The number of aryl methyl sites for hydroxylation is 1. The van der Waals surface area contributed by atoms with E-state index in [9.17, 15) is 13.2 Å². The van der Waals surface area contributed by atoms with E-state index in [1.807, 2.05) is 37.3 Å². The van der Waals surface area contributed by atoms with Gasteiger partial charge in [0.25, 0.3) is 5.91 Å². The van der Waals surface area contributed by atoms with Crippen LogP contribution in [0.5, 0.6) is 11.5 Å². The molecule has 0 aliphatic carbocycles. The van der Waals surface area contributed by atoms with Crippen LogP contribution in [-0.4, -0.2) is 20.6 Å². The van der Waals surface area contributed by atoms with Crippen molar-refractivity contribution in [1.82, 2.24) is 0 Å². The summed E-state index contributed by atoms with van der Waals surface area (Å²) in [7, 11) is -3.42. The minimum Gasteiger partial charge on any atom is -0.455 e. The third-order valence-corrected chi connectivity index (χ3v) is 4.42. The number of carbonyl (C=O) groups is 1. The van der Waals surface area contributed by atoms with E-state index in [0.29, 0.717) is 28.4 Å². The first kappa shape index (κ1) is 19.4. The van der Waals surface area contributed by atoms with E-state index in [1.165, 1.54) is 6.07 Å². The van der Waals surface area contributed by atoms with E-state index >= 15 is 0 Å². The van der Waals surface area contributed by atoms with Crippen LogP contribution in [0.2, 0.25) is 0 Å². The number of carbonyl (C=O) groups excluding carboxylic acids is 1. The predicted molar refractivity (Wildman–Crippen MR) is 111 cm³/mol. The van der Waals surface area contributed by atoms with Gasteiger partial charge in [0, 0.05) is 11.3 Å². The third-order valence-electron chi connectivity index (χ3n) is 3.81. The highest BCUT2D eigenvalue weighted by molar-refractivity contribution is 7.92. The summed E-state index contributed by atoms with van der Waals surface area (Å²) in [5, 5.41) is 2.81. The fourth-order valence-electron chi connectivity index (χ4n) is 2.52. The van der Waals surface area contributed by atoms with Crippen molar-refractivity contribution in [2.24, 2.45) is 0 Å². The van der Waals surface area contributed by atoms with Crippen LogP contribution in [0.15, 0.2) is 72.8 Å². The first-order valence-electron chi connectivity index (χ1n) is 8.53. The number of sulfonamides is 1. The lowest BCUT2D eigenvalue weighted by atomic mass is 10.2. The molecule has 0 unspecified atom stereocenters. The molecular weight excluding hydrogens is 376 g/mol. The van der Waals surface area contributed by atoms with Crippen LogP contribution in [-0.2, 0) is 10.0 Å². The van der Waals surface area contributed by atoms with Gasteiger partial charge in [0.1, 0.15) is 5.75 Å². The Bertz CT molecular complexity index is 1090. The van der Waals surface area contributed by atoms with E-state index in [1.54, 1.807) is 36.4 Å². The Kier molecular flexibility index (Phi) is 5.65. The van der Waals surface area contributed by atoms with Gasteiger partial charge in [-0.2, -0.15) is 0 Å². The Morgan fingerprint density at radius 3 is 2.36 bits per heavy atom. The molecule has 0 saturated heterocycles. The Balaban J connectivity index is 1.79. The number of ether oxygens (including phenoxy) is 1. The molecular formula is C21H20N2O4S. The highest BCUT2D eigenvalue weighted by Gasteiger charge is 2.12. The normalized spacial score (nSPS) is 10.9. The second-order valence-corrected chi connectivity index (χ2v) is 8.07. The molecule has 0 bridgehead atoms. The SMILES string of the molecule is Cc1ccc(Oc2ccccc2NC(=O)c2cccc(NS(C)(=O)=O)c2)cc1. The van der Waals surface area contributed by atoms with Crippen LogP contribution in [0.1, 0.15) is 15.9 Å². The number of para-hydroxylation sites is 2. The molecule has 0 aliphatic rings. The van der Waals surface area contributed by atoms with Gasteiger partial charge in [0.15, 0.2) is 5.75 Å². The summed E-state index contributed by atoms with van der Waals surface area (Å²) in [6, 6.07) is 21.0. The highest BCUT2D eigenvalue weighted by Crippen LogP contribution is 2.30. The van der Waals surface area contributed by atoms with Crippen molar-refractivity contribution < 1.29 is 17.9 Å². The van der Waals surface area contributed by atoms with Crippen molar-refractivity contribution in [3.8, 4) is 11.5 Å². The van der Waals surface area contributed by atoms with Gasteiger partial charge in [-0.05, 0) is 49.4 Å². The largest absolute Gasteiger partial charge is 0.455 e. The topological polar surface area (TPSA) is 84.5 Å². The predicted octanol–water partition coefficient (Wildman–Crippen LogP) is 4.41. The number of amides is 1. The summed E-state index contributed by atoms with van der Waals surface area (Å²) in [6.45, 7) is 1.99. The Morgan fingerprint density at radius 1 is 0.929 bits per heavy atom. The second-order valence-electron chi connectivity index (χ2n) is 6.32. The molecule has 0 heterocycles. The quantitative estimate of drug-likeness (QED) is 0.646. The Labute approximate surface area is 164 Å². The molecule has 0 saturated carbocycles. The average molecular weight is 396 g/mol. The third kappa shape index (κ3) is 5.34.